The molecule has 7 nitrogen and oxygen atoms in total. The number of hydrogen-bond acceptors (Lipinski definition) is 5. The molecule has 0 fully saturated rings. The second kappa shape index (κ2) is 11.1. The smallest absolute Gasteiger partial charge is 0.279 e. The van der Waals surface area contributed by atoms with Crippen LogP contribution >= 0.6 is 0 Å². The number of rotatable bonds is 9. The fourth-order valence-electron chi connectivity index (χ4n) is 2.50. The van der Waals surface area contributed by atoms with Gasteiger partial charge in [-0.2, -0.15) is 0 Å². The number of nitrogens with one attached hydrogen (secondary N) is 2. The highest BCUT2D eigenvalue weighted by molar-refractivity contribution is 5.96. The number of carbonyl (C=O) groups is 2. The second-order valence-electron chi connectivity index (χ2n) is 7.41. The normalized spacial score (nSPS) is 11.5. The quantitative estimate of drug-likeness (QED) is 0.612. The average Bonchev–Trinajstić information content (AvgIpc) is 2.73. The third-order valence-corrected chi connectivity index (χ3v) is 4.38. The first-order valence-electron chi connectivity index (χ1n) is 9.94. The number of amides is 2. The van der Waals surface area contributed by atoms with Crippen LogP contribution in [-0.2, 0) is 4.79 Å². The van der Waals surface area contributed by atoms with Gasteiger partial charge in [0, 0.05) is 5.56 Å². The van der Waals surface area contributed by atoms with Crippen molar-refractivity contribution in [1.82, 2.24) is 10.9 Å². The summed E-state index contributed by atoms with van der Waals surface area (Å²) in [5.41, 5.74) is 6.19. The van der Waals surface area contributed by atoms with E-state index in [9.17, 15) is 9.59 Å². The molecule has 162 valence electrons. The van der Waals surface area contributed by atoms with Gasteiger partial charge in [0.05, 0.1) is 13.7 Å². The minimum absolute atomic E-state index is 0.329. The molecule has 0 radical (unpaired) electrons. The molecule has 2 N–H and O–H groups in total. The Morgan fingerprint density at radius 3 is 2.30 bits per heavy atom. The van der Waals surface area contributed by atoms with Gasteiger partial charge in [-0.15, -0.1) is 0 Å². The van der Waals surface area contributed by atoms with E-state index in [0.29, 0.717) is 35.3 Å². The van der Waals surface area contributed by atoms with Crippen molar-refractivity contribution in [1.29, 1.82) is 0 Å². The van der Waals surface area contributed by atoms with E-state index in [2.05, 4.69) is 24.7 Å². The van der Waals surface area contributed by atoms with Crippen LogP contribution in [0.5, 0.6) is 17.2 Å². The monoisotopic (exact) mass is 414 g/mol. The van der Waals surface area contributed by atoms with Gasteiger partial charge in [-0.25, -0.2) is 0 Å². The number of hydrazine groups is 1. The zero-order chi connectivity index (χ0) is 22.1. The summed E-state index contributed by atoms with van der Waals surface area (Å²) in [5.74, 6) is 1.18. The maximum atomic E-state index is 12.4. The minimum atomic E-state index is -0.778. The van der Waals surface area contributed by atoms with Crippen LogP contribution in [0.25, 0.3) is 0 Å². The number of benzene rings is 2. The average molecular weight is 415 g/mol. The van der Waals surface area contributed by atoms with E-state index in [1.54, 1.807) is 37.3 Å². The van der Waals surface area contributed by atoms with Crippen molar-refractivity contribution in [3.05, 3.63) is 53.6 Å². The minimum Gasteiger partial charge on any atom is -0.493 e. The Balaban J connectivity index is 1.90. The van der Waals surface area contributed by atoms with E-state index in [-0.39, 0.29) is 0 Å². The SMILES string of the molecule is COc1cc(C(=O)NNC(=O)C(C)Oc2ccc(C)cc2)ccc1OCCC(C)C. The molecule has 0 bridgehead atoms. The van der Waals surface area contributed by atoms with Crippen LogP contribution in [0.1, 0.15) is 43.1 Å². The first kappa shape index (κ1) is 23.1. The Kier molecular flexibility index (Phi) is 8.53. The van der Waals surface area contributed by atoms with E-state index in [1.165, 1.54) is 7.11 Å². The standard InChI is InChI=1S/C23H30N2O5/c1-15(2)12-13-29-20-11-8-18(14-21(20)28-5)23(27)25-24-22(26)17(4)30-19-9-6-16(3)7-10-19/h6-11,14-15,17H,12-13H2,1-5H3,(H,24,26)(H,25,27). The lowest BCUT2D eigenvalue weighted by atomic mass is 10.1. The van der Waals surface area contributed by atoms with Crippen LogP contribution < -0.4 is 25.1 Å². The van der Waals surface area contributed by atoms with Crippen LogP contribution in [-0.4, -0.2) is 31.6 Å². The molecule has 2 amide bonds. The lowest BCUT2D eigenvalue weighted by molar-refractivity contribution is -0.128. The Morgan fingerprint density at radius 2 is 1.67 bits per heavy atom. The Morgan fingerprint density at radius 1 is 0.967 bits per heavy atom. The largest absolute Gasteiger partial charge is 0.493 e. The molecule has 2 aromatic carbocycles. The van der Waals surface area contributed by atoms with Gasteiger partial charge in [0.15, 0.2) is 17.6 Å². The van der Waals surface area contributed by atoms with Crippen molar-refractivity contribution in [2.45, 2.75) is 40.2 Å². The summed E-state index contributed by atoms with van der Waals surface area (Å²) in [7, 11) is 1.51. The highest BCUT2D eigenvalue weighted by Gasteiger charge is 2.17. The highest BCUT2D eigenvalue weighted by atomic mass is 16.5. The Labute approximate surface area is 177 Å². The van der Waals surface area contributed by atoms with Crippen molar-refractivity contribution < 1.29 is 23.8 Å². The van der Waals surface area contributed by atoms with Crippen LogP contribution in [0.3, 0.4) is 0 Å². The van der Waals surface area contributed by atoms with Gasteiger partial charge in [0.2, 0.25) is 0 Å². The molecule has 0 saturated carbocycles. The maximum absolute atomic E-state index is 12.4. The number of methoxy groups -OCH3 is 1. The molecule has 7 heteroatoms. The molecule has 2 rings (SSSR count). The summed E-state index contributed by atoms with van der Waals surface area (Å²) < 4.78 is 16.6. The summed E-state index contributed by atoms with van der Waals surface area (Å²) in [5, 5.41) is 0. The Bertz CT molecular complexity index is 849. The van der Waals surface area contributed by atoms with E-state index in [1.807, 2.05) is 19.1 Å². The molecule has 2 aromatic rings. The van der Waals surface area contributed by atoms with Crippen molar-refractivity contribution in [3.8, 4) is 17.2 Å². The topological polar surface area (TPSA) is 85.9 Å². The summed E-state index contributed by atoms with van der Waals surface area (Å²) in [4.78, 5) is 24.6. The van der Waals surface area contributed by atoms with Gasteiger partial charge in [0.1, 0.15) is 5.75 Å². The fraction of sp³-hybridized carbons (Fsp3) is 0.391. The first-order valence-corrected chi connectivity index (χ1v) is 9.94. The molecule has 0 aromatic heterocycles. The van der Waals surface area contributed by atoms with E-state index >= 15 is 0 Å². The highest BCUT2D eigenvalue weighted by Crippen LogP contribution is 2.28. The molecular formula is C23H30N2O5. The third-order valence-electron chi connectivity index (χ3n) is 4.38. The molecule has 0 heterocycles. The fourth-order valence-corrected chi connectivity index (χ4v) is 2.50. The molecule has 0 spiro atoms. The number of carbonyl (C=O) groups excluding carboxylic acids is 2. The summed E-state index contributed by atoms with van der Waals surface area (Å²) in [6.07, 6.45) is 0.138. The molecule has 30 heavy (non-hydrogen) atoms. The van der Waals surface area contributed by atoms with Gasteiger partial charge in [-0.3, -0.25) is 20.4 Å². The molecule has 0 aliphatic carbocycles. The molecule has 1 unspecified atom stereocenters. The van der Waals surface area contributed by atoms with Gasteiger partial charge in [0.25, 0.3) is 11.8 Å². The van der Waals surface area contributed by atoms with E-state index < -0.39 is 17.9 Å². The van der Waals surface area contributed by atoms with Crippen LogP contribution in [0.15, 0.2) is 42.5 Å². The van der Waals surface area contributed by atoms with Crippen LogP contribution in [0, 0.1) is 12.8 Å². The van der Waals surface area contributed by atoms with Gasteiger partial charge >= 0.3 is 0 Å². The van der Waals surface area contributed by atoms with E-state index in [0.717, 1.165) is 12.0 Å². The number of ether oxygens (including phenoxy) is 3. The number of aryl methyl sites for hydroxylation is 1. The van der Waals surface area contributed by atoms with Crippen molar-refractivity contribution in [2.24, 2.45) is 5.92 Å². The van der Waals surface area contributed by atoms with E-state index in [4.69, 9.17) is 14.2 Å². The van der Waals surface area contributed by atoms with Gasteiger partial charge < -0.3 is 14.2 Å². The van der Waals surface area contributed by atoms with Crippen LogP contribution in [0.4, 0.5) is 0 Å². The zero-order valence-electron chi connectivity index (χ0n) is 18.2. The van der Waals surface area contributed by atoms with Crippen LogP contribution in [0.2, 0.25) is 0 Å². The molecule has 1 atom stereocenters. The summed E-state index contributed by atoms with van der Waals surface area (Å²) >= 11 is 0. The lowest BCUT2D eigenvalue weighted by Gasteiger charge is -2.16. The third kappa shape index (κ3) is 6.99. The number of hydrogen-bond donors (Lipinski definition) is 2. The van der Waals surface area contributed by atoms with Gasteiger partial charge in [-0.1, -0.05) is 31.5 Å². The van der Waals surface area contributed by atoms with Crippen molar-refractivity contribution in [2.75, 3.05) is 13.7 Å². The molecular weight excluding hydrogens is 384 g/mol. The maximum Gasteiger partial charge on any atom is 0.279 e. The second-order valence-corrected chi connectivity index (χ2v) is 7.41. The molecule has 0 aliphatic rings. The molecule has 0 saturated heterocycles. The predicted molar refractivity (Wildman–Crippen MR) is 115 cm³/mol. The Hall–Kier alpha value is -3.22. The predicted octanol–water partition coefficient (Wildman–Crippen LogP) is 3.66. The molecule has 0 aliphatic heterocycles. The van der Waals surface area contributed by atoms with Crippen molar-refractivity contribution in [3.63, 3.8) is 0 Å². The summed E-state index contributed by atoms with van der Waals surface area (Å²) in [6.45, 7) is 8.38. The summed E-state index contributed by atoms with van der Waals surface area (Å²) in [6, 6.07) is 12.2. The van der Waals surface area contributed by atoms with Crippen molar-refractivity contribution >= 4 is 11.8 Å². The first-order chi connectivity index (χ1) is 14.3. The lowest BCUT2D eigenvalue weighted by Crippen LogP contribution is -2.47. The zero-order valence-corrected chi connectivity index (χ0v) is 18.2. The van der Waals surface area contributed by atoms with Gasteiger partial charge in [-0.05, 0) is 56.5 Å².